The highest BCUT2D eigenvalue weighted by Gasteiger charge is 2.11. The molecule has 0 aliphatic heterocycles. The van der Waals surface area contributed by atoms with Crippen LogP contribution in [-0.4, -0.2) is 17.7 Å². The summed E-state index contributed by atoms with van der Waals surface area (Å²) in [5.74, 6) is -0.647. The first-order valence-electron chi connectivity index (χ1n) is 6.04. The molecule has 2 rings (SSSR count). The number of carboxylic acid groups (broad SMARTS) is 1. The molecule has 1 N–H and O–H groups in total. The van der Waals surface area contributed by atoms with E-state index in [1.165, 1.54) is 6.07 Å². The molecule has 0 heterocycles. The lowest BCUT2D eigenvalue weighted by atomic mass is 10.2. The van der Waals surface area contributed by atoms with Gasteiger partial charge in [0.25, 0.3) is 0 Å². The minimum atomic E-state index is -1.01. The molecule has 0 radical (unpaired) electrons. The van der Waals surface area contributed by atoms with Gasteiger partial charge in [0.15, 0.2) is 0 Å². The zero-order chi connectivity index (χ0) is 14.4. The van der Waals surface area contributed by atoms with E-state index in [0.29, 0.717) is 16.8 Å². The lowest BCUT2D eigenvalue weighted by Crippen LogP contribution is -2.03. The molecule has 2 aromatic rings. The fourth-order valence-electron chi connectivity index (χ4n) is 1.68. The Labute approximate surface area is 125 Å². The summed E-state index contributed by atoms with van der Waals surface area (Å²) in [4.78, 5) is 11.1. The summed E-state index contributed by atoms with van der Waals surface area (Å²) in [5, 5.41) is 9.11. The van der Waals surface area contributed by atoms with E-state index < -0.39 is 5.97 Å². The number of benzene rings is 2. The van der Waals surface area contributed by atoms with Crippen LogP contribution in [0.1, 0.15) is 15.9 Å². The van der Waals surface area contributed by atoms with Crippen molar-refractivity contribution < 1.29 is 14.6 Å². The van der Waals surface area contributed by atoms with Crippen LogP contribution in [0.2, 0.25) is 0 Å². The van der Waals surface area contributed by atoms with E-state index in [1.54, 1.807) is 12.1 Å². The molecule has 3 nitrogen and oxygen atoms in total. The maximum absolute atomic E-state index is 11.1. The Balaban J connectivity index is 2.01. The topological polar surface area (TPSA) is 46.5 Å². The van der Waals surface area contributed by atoms with Crippen molar-refractivity contribution in [1.29, 1.82) is 0 Å². The second-order valence-electron chi connectivity index (χ2n) is 4.07. The fourth-order valence-corrected chi connectivity index (χ4v) is 2.04. The molecule has 2 aromatic carbocycles. The van der Waals surface area contributed by atoms with Crippen LogP contribution in [0.15, 0.2) is 59.1 Å². The first kappa shape index (κ1) is 14.3. The van der Waals surface area contributed by atoms with Gasteiger partial charge in [-0.25, -0.2) is 4.79 Å². The lowest BCUT2D eigenvalue weighted by molar-refractivity contribution is 0.0692. The monoisotopic (exact) mass is 332 g/mol. The first-order chi connectivity index (χ1) is 9.66. The van der Waals surface area contributed by atoms with Crippen LogP contribution in [0.5, 0.6) is 5.75 Å². The van der Waals surface area contributed by atoms with Crippen molar-refractivity contribution in [2.24, 2.45) is 0 Å². The van der Waals surface area contributed by atoms with Crippen LogP contribution < -0.4 is 4.74 Å². The molecule has 4 heteroatoms. The van der Waals surface area contributed by atoms with Crippen LogP contribution >= 0.6 is 15.9 Å². The molecule has 0 bridgehead atoms. The number of ether oxygens (including phenoxy) is 1. The molecule has 0 aromatic heterocycles. The average molecular weight is 333 g/mol. The summed E-state index contributed by atoms with van der Waals surface area (Å²) < 4.78 is 6.20. The Morgan fingerprint density at radius 2 is 1.95 bits per heavy atom. The Bertz CT molecular complexity index is 621. The van der Waals surface area contributed by atoms with Crippen molar-refractivity contribution >= 4 is 28.0 Å². The third-order valence-corrected chi connectivity index (χ3v) is 3.11. The zero-order valence-electron chi connectivity index (χ0n) is 10.6. The molecule has 0 saturated heterocycles. The third kappa shape index (κ3) is 3.96. The molecule has 20 heavy (non-hydrogen) atoms. The average Bonchev–Trinajstić information content (AvgIpc) is 2.45. The van der Waals surface area contributed by atoms with Crippen molar-refractivity contribution in [2.45, 2.75) is 0 Å². The minimum Gasteiger partial charge on any atom is -0.489 e. The van der Waals surface area contributed by atoms with E-state index in [4.69, 9.17) is 9.84 Å². The number of carbonyl (C=O) groups is 1. The molecule has 0 fully saturated rings. The summed E-state index contributed by atoms with van der Waals surface area (Å²) in [6.07, 6.45) is 3.78. The molecule has 0 atom stereocenters. The third-order valence-electron chi connectivity index (χ3n) is 2.62. The van der Waals surface area contributed by atoms with E-state index in [9.17, 15) is 4.79 Å². The number of carboxylic acids is 1. The highest BCUT2D eigenvalue weighted by atomic mass is 79.9. The Morgan fingerprint density at radius 3 is 2.65 bits per heavy atom. The molecule has 0 amide bonds. The molecular formula is C16H13BrO3. The van der Waals surface area contributed by atoms with Crippen LogP contribution in [0, 0.1) is 0 Å². The molecule has 0 saturated carbocycles. The number of halogens is 1. The summed E-state index contributed by atoms with van der Waals surface area (Å²) in [5.41, 5.74) is 1.22. The van der Waals surface area contributed by atoms with Gasteiger partial charge in [0, 0.05) is 4.47 Å². The van der Waals surface area contributed by atoms with Gasteiger partial charge in [-0.2, -0.15) is 0 Å². The van der Waals surface area contributed by atoms with Crippen LogP contribution in [0.25, 0.3) is 6.08 Å². The highest BCUT2D eigenvalue weighted by molar-refractivity contribution is 9.10. The SMILES string of the molecule is O=C(O)c1cc(Br)ccc1OCC=Cc1ccccc1. The Hall–Kier alpha value is -2.07. The Kier molecular flexibility index (Phi) is 4.96. The number of hydrogen-bond donors (Lipinski definition) is 1. The predicted octanol–water partition coefficient (Wildman–Crippen LogP) is 4.24. The van der Waals surface area contributed by atoms with Gasteiger partial charge in [-0.05, 0) is 29.8 Å². The van der Waals surface area contributed by atoms with Crippen LogP contribution in [0.4, 0.5) is 0 Å². The molecular weight excluding hydrogens is 320 g/mol. The summed E-state index contributed by atoms with van der Waals surface area (Å²) in [6, 6.07) is 14.8. The van der Waals surface area contributed by atoms with Crippen molar-refractivity contribution in [3.8, 4) is 5.75 Å². The molecule has 0 spiro atoms. The summed E-state index contributed by atoms with van der Waals surface area (Å²) in [7, 11) is 0. The molecule has 102 valence electrons. The summed E-state index contributed by atoms with van der Waals surface area (Å²) >= 11 is 3.24. The lowest BCUT2D eigenvalue weighted by Gasteiger charge is -2.07. The van der Waals surface area contributed by atoms with Gasteiger partial charge in [-0.15, -0.1) is 0 Å². The van der Waals surface area contributed by atoms with Crippen molar-refractivity contribution in [3.63, 3.8) is 0 Å². The second kappa shape index (κ2) is 6.91. The van der Waals surface area contributed by atoms with Gasteiger partial charge in [0.1, 0.15) is 17.9 Å². The fraction of sp³-hybridized carbons (Fsp3) is 0.0625. The van der Waals surface area contributed by atoms with Crippen LogP contribution in [-0.2, 0) is 0 Å². The van der Waals surface area contributed by atoms with Crippen molar-refractivity contribution in [3.05, 3.63) is 70.2 Å². The Morgan fingerprint density at radius 1 is 1.20 bits per heavy atom. The minimum absolute atomic E-state index is 0.146. The van der Waals surface area contributed by atoms with E-state index in [2.05, 4.69) is 15.9 Å². The zero-order valence-corrected chi connectivity index (χ0v) is 12.2. The molecule has 0 aliphatic carbocycles. The standard InChI is InChI=1S/C16H13BrO3/c17-13-8-9-15(14(11-13)16(18)19)20-10-4-7-12-5-2-1-3-6-12/h1-9,11H,10H2,(H,18,19). The van der Waals surface area contributed by atoms with Gasteiger partial charge < -0.3 is 9.84 Å². The van der Waals surface area contributed by atoms with E-state index in [1.807, 2.05) is 42.5 Å². The normalized spacial score (nSPS) is 10.7. The second-order valence-corrected chi connectivity index (χ2v) is 4.99. The van der Waals surface area contributed by atoms with Gasteiger partial charge in [-0.1, -0.05) is 52.3 Å². The van der Waals surface area contributed by atoms with E-state index >= 15 is 0 Å². The van der Waals surface area contributed by atoms with Crippen LogP contribution in [0.3, 0.4) is 0 Å². The first-order valence-corrected chi connectivity index (χ1v) is 6.83. The van der Waals surface area contributed by atoms with Crippen molar-refractivity contribution in [2.75, 3.05) is 6.61 Å². The van der Waals surface area contributed by atoms with Gasteiger partial charge in [-0.3, -0.25) is 0 Å². The van der Waals surface area contributed by atoms with Gasteiger partial charge >= 0.3 is 5.97 Å². The van der Waals surface area contributed by atoms with E-state index in [0.717, 1.165) is 5.56 Å². The maximum atomic E-state index is 11.1. The summed E-state index contributed by atoms with van der Waals surface area (Å²) in [6.45, 7) is 0.316. The maximum Gasteiger partial charge on any atom is 0.339 e. The quantitative estimate of drug-likeness (QED) is 0.890. The van der Waals surface area contributed by atoms with E-state index in [-0.39, 0.29) is 5.56 Å². The number of hydrogen-bond acceptors (Lipinski definition) is 2. The molecule has 0 aliphatic rings. The predicted molar refractivity (Wildman–Crippen MR) is 82.1 cm³/mol. The largest absolute Gasteiger partial charge is 0.489 e. The van der Waals surface area contributed by atoms with Gasteiger partial charge in [0.2, 0.25) is 0 Å². The van der Waals surface area contributed by atoms with Crippen molar-refractivity contribution in [1.82, 2.24) is 0 Å². The highest BCUT2D eigenvalue weighted by Crippen LogP contribution is 2.23. The number of rotatable bonds is 5. The smallest absolute Gasteiger partial charge is 0.339 e. The molecule has 0 unspecified atom stereocenters. The number of aromatic carboxylic acids is 1. The van der Waals surface area contributed by atoms with Gasteiger partial charge in [0.05, 0.1) is 0 Å².